The van der Waals surface area contributed by atoms with Crippen LogP contribution in [0.3, 0.4) is 0 Å². The zero-order chi connectivity index (χ0) is 17.2. The van der Waals surface area contributed by atoms with Crippen LogP contribution in [0.15, 0.2) is 36.4 Å². The number of fused-ring (bicyclic) bond motifs is 1. The lowest BCUT2D eigenvalue weighted by atomic mass is 10.0. The Labute approximate surface area is 139 Å². The monoisotopic (exact) mass is 339 g/mol. The first-order valence-electron chi connectivity index (χ1n) is 8.03. The summed E-state index contributed by atoms with van der Waals surface area (Å²) >= 11 is 0. The quantitative estimate of drug-likeness (QED) is 0.840. The molecule has 130 valence electrons. The van der Waals surface area contributed by atoms with E-state index in [9.17, 15) is 13.2 Å². The Kier molecular flexibility index (Phi) is 4.96. The van der Waals surface area contributed by atoms with Gasteiger partial charge in [-0.25, -0.2) is 0 Å². The largest absolute Gasteiger partial charge is 0.494 e. The molecule has 3 rings (SSSR count). The summed E-state index contributed by atoms with van der Waals surface area (Å²) in [6.45, 7) is 3.22. The van der Waals surface area contributed by atoms with E-state index in [2.05, 4.69) is 0 Å². The van der Waals surface area contributed by atoms with Crippen molar-refractivity contribution < 1.29 is 22.6 Å². The van der Waals surface area contributed by atoms with E-state index >= 15 is 0 Å². The van der Waals surface area contributed by atoms with Gasteiger partial charge in [0.25, 0.3) is 0 Å². The minimum absolute atomic E-state index is 0.0823. The Morgan fingerprint density at radius 1 is 1.21 bits per heavy atom. The topological polar surface area (TPSA) is 21.7 Å². The minimum atomic E-state index is -4.33. The van der Waals surface area contributed by atoms with E-state index in [1.165, 1.54) is 0 Å². The first kappa shape index (κ1) is 17.0. The number of nitrogens with zero attached hydrogens (tertiary/aromatic N) is 1. The molecular formula is C18H20F3NO2. The smallest absolute Gasteiger partial charge is 0.415 e. The molecule has 1 saturated heterocycles. The van der Waals surface area contributed by atoms with Crippen molar-refractivity contribution in [1.82, 2.24) is 4.90 Å². The highest BCUT2D eigenvalue weighted by atomic mass is 19.4. The Morgan fingerprint density at radius 2 is 2.00 bits per heavy atom. The Hall–Kier alpha value is -1.79. The highest BCUT2D eigenvalue weighted by Gasteiger charge is 2.43. The molecule has 24 heavy (non-hydrogen) atoms. The third kappa shape index (κ3) is 3.65. The fourth-order valence-electron chi connectivity index (χ4n) is 3.04. The van der Waals surface area contributed by atoms with E-state index in [1.807, 2.05) is 43.3 Å². The zero-order valence-corrected chi connectivity index (χ0v) is 13.5. The summed E-state index contributed by atoms with van der Waals surface area (Å²) in [4.78, 5) is 1.78. The molecule has 3 nitrogen and oxygen atoms in total. The number of halogens is 3. The van der Waals surface area contributed by atoms with Crippen molar-refractivity contribution in [1.29, 1.82) is 0 Å². The number of alkyl halides is 3. The maximum Gasteiger partial charge on any atom is 0.415 e. The van der Waals surface area contributed by atoms with Crippen LogP contribution in [0.2, 0.25) is 0 Å². The van der Waals surface area contributed by atoms with Crippen LogP contribution in [0.1, 0.15) is 12.5 Å². The second kappa shape index (κ2) is 6.99. The highest BCUT2D eigenvalue weighted by molar-refractivity contribution is 5.87. The second-order valence-electron chi connectivity index (χ2n) is 5.83. The molecule has 0 bridgehead atoms. The second-order valence-corrected chi connectivity index (χ2v) is 5.83. The van der Waals surface area contributed by atoms with E-state index in [4.69, 9.17) is 9.47 Å². The van der Waals surface area contributed by atoms with Gasteiger partial charge in [-0.3, -0.25) is 4.90 Å². The third-order valence-electron chi connectivity index (χ3n) is 4.19. The normalized spacial score (nSPS) is 19.6. The predicted molar refractivity (Wildman–Crippen MR) is 86.2 cm³/mol. The van der Waals surface area contributed by atoms with Crippen LogP contribution in [0.25, 0.3) is 10.8 Å². The zero-order valence-electron chi connectivity index (χ0n) is 13.5. The number of ether oxygens (including phenoxy) is 2. The van der Waals surface area contributed by atoms with Gasteiger partial charge in [0.15, 0.2) is 6.10 Å². The van der Waals surface area contributed by atoms with Crippen molar-refractivity contribution in [3.63, 3.8) is 0 Å². The van der Waals surface area contributed by atoms with Gasteiger partial charge in [0, 0.05) is 25.2 Å². The fraction of sp³-hybridized carbons (Fsp3) is 0.444. The predicted octanol–water partition coefficient (Wildman–Crippen LogP) is 4.00. The molecular weight excluding hydrogens is 319 g/mol. The highest BCUT2D eigenvalue weighted by Crippen LogP contribution is 2.31. The molecule has 2 aromatic carbocycles. The van der Waals surface area contributed by atoms with Crippen LogP contribution in [-0.2, 0) is 11.3 Å². The Bertz CT molecular complexity index is 702. The number of morpholine rings is 1. The van der Waals surface area contributed by atoms with Crippen LogP contribution in [-0.4, -0.2) is 43.5 Å². The van der Waals surface area contributed by atoms with Crippen LogP contribution in [0, 0.1) is 0 Å². The summed E-state index contributed by atoms with van der Waals surface area (Å²) in [7, 11) is 0. The molecule has 0 radical (unpaired) electrons. The summed E-state index contributed by atoms with van der Waals surface area (Å²) in [5.41, 5.74) is 0.928. The molecule has 0 saturated carbocycles. The van der Waals surface area contributed by atoms with Crippen molar-refractivity contribution in [3.05, 3.63) is 42.0 Å². The number of hydrogen-bond acceptors (Lipinski definition) is 3. The molecule has 0 aromatic heterocycles. The first-order chi connectivity index (χ1) is 11.5. The fourth-order valence-corrected chi connectivity index (χ4v) is 3.04. The van der Waals surface area contributed by atoms with Gasteiger partial charge in [0.2, 0.25) is 0 Å². The lowest BCUT2D eigenvalue weighted by molar-refractivity contribution is -0.237. The summed E-state index contributed by atoms with van der Waals surface area (Å²) in [6, 6.07) is 11.7. The molecule has 2 aromatic rings. The summed E-state index contributed by atoms with van der Waals surface area (Å²) in [5, 5.41) is 2.06. The van der Waals surface area contributed by atoms with Crippen molar-refractivity contribution in [2.75, 3.05) is 26.3 Å². The molecule has 1 atom stereocenters. The van der Waals surface area contributed by atoms with E-state index < -0.39 is 12.3 Å². The van der Waals surface area contributed by atoms with Gasteiger partial charge in [0.1, 0.15) is 5.75 Å². The summed E-state index contributed by atoms with van der Waals surface area (Å²) < 4.78 is 49.4. The van der Waals surface area contributed by atoms with Gasteiger partial charge in [-0.05, 0) is 23.8 Å². The lowest BCUT2D eigenvalue weighted by Crippen LogP contribution is -2.48. The molecule has 1 fully saturated rings. The average Bonchev–Trinajstić information content (AvgIpc) is 2.57. The average molecular weight is 339 g/mol. The summed E-state index contributed by atoms with van der Waals surface area (Å²) in [5.74, 6) is 0.728. The minimum Gasteiger partial charge on any atom is -0.494 e. The molecule has 1 heterocycles. The van der Waals surface area contributed by atoms with Gasteiger partial charge < -0.3 is 9.47 Å². The molecule has 0 N–H and O–H groups in total. The van der Waals surface area contributed by atoms with Gasteiger partial charge in [-0.2, -0.15) is 13.2 Å². The number of rotatable bonds is 4. The summed E-state index contributed by atoms with van der Waals surface area (Å²) in [6.07, 6.45) is -6.06. The van der Waals surface area contributed by atoms with E-state index in [1.54, 1.807) is 4.90 Å². The van der Waals surface area contributed by atoms with Gasteiger partial charge in [-0.1, -0.05) is 30.3 Å². The molecule has 1 aliphatic rings. The molecule has 6 heteroatoms. The van der Waals surface area contributed by atoms with E-state index in [0.717, 1.165) is 22.1 Å². The Balaban J connectivity index is 1.89. The van der Waals surface area contributed by atoms with Gasteiger partial charge >= 0.3 is 6.18 Å². The SMILES string of the molecule is CCOc1ccc2ccccc2c1CN1CCO[C@H](C(F)(F)F)C1. The van der Waals surface area contributed by atoms with Crippen LogP contribution in [0.5, 0.6) is 5.75 Å². The van der Waals surface area contributed by atoms with Crippen molar-refractivity contribution in [3.8, 4) is 5.75 Å². The van der Waals surface area contributed by atoms with E-state index in [-0.39, 0.29) is 13.2 Å². The van der Waals surface area contributed by atoms with Crippen LogP contribution in [0.4, 0.5) is 13.2 Å². The van der Waals surface area contributed by atoms with Crippen molar-refractivity contribution in [2.45, 2.75) is 25.7 Å². The number of hydrogen-bond donors (Lipinski definition) is 0. The maximum atomic E-state index is 12.9. The lowest BCUT2D eigenvalue weighted by Gasteiger charge is -2.34. The van der Waals surface area contributed by atoms with Gasteiger partial charge in [0.05, 0.1) is 13.2 Å². The Morgan fingerprint density at radius 3 is 2.75 bits per heavy atom. The third-order valence-corrected chi connectivity index (χ3v) is 4.19. The number of benzene rings is 2. The van der Waals surface area contributed by atoms with Crippen molar-refractivity contribution >= 4 is 10.8 Å². The van der Waals surface area contributed by atoms with Gasteiger partial charge in [-0.15, -0.1) is 0 Å². The first-order valence-corrected chi connectivity index (χ1v) is 8.03. The molecule has 0 aliphatic carbocycles. The van der Waals surface area contributed by atoms with E-state index in [0.29, 0.717) is 19.7 Å². The van der Waals surface area contributed by atoms with Crippen LogP contribution >= 0.6 is 0 Å². The molecule has 1 aliphatic heterocycles. The molecule has 0 spiro atoms. The van der Waals surface area contributed by atoms with Crippen LogP contribution < -0.4 is 4.74 Å². The molecule has 0 unspecified atom stereocenters. The molecule has 0 amide bonds. The standard InChI is InChI=1S/C18H20F3NO2/c1-2-23-16-8-7-13-5-3-4-6-14(13)15(16)11-22-9-10-24-17(12-22)18(19,20)21/h3-8,17H,2,9-12H2,1H3/t17-/m0/s1. The maximum absolute atomic E-state index is 12.9. The van der Waals surface area contributed by atoms with Crippen molar-refractivity contribution in [2.24, 2.45) is 0 Å².